The SMILES string of the molecule is CCCC(C)NC(C)C(=O)NCc1ccco1. The van der Waals surface area contributed by atoms with E-state index in [0.29, 0.717) is 12.6 Å². The van der Waals surface area contributed by atoms with Gasteiger partial charge in [-0.25, -0.2) is 0 Å². The molecule has 0 saturated carbocycles. The van der Waals surface area contributed by atoms with Crippen LogP contribution in [0.15, 0.2) is 22.8 Å². The van der Waals surface area contributed by atoms with Crippen molar-refractivity contribution in [3.8, 4) is 0 Å². The van der Waals surface area contributed by atoms with Crippen LogP contribution in [-0.2, 0) is 11.3 Å². The molecular formula is C13H22N2O2. The lowest BCUT2D eigenvalue weighted by atomic mass is 10.1. The molecule has 0 bridgehead atoms. The Morgan fingerprint density at radius 1 is 1.47 bits per heavy atom. The first-order chi connectivity index (χ1) is 8.13. The Morgan fingerprint density at radius 2 is 2.24 bits per heavy atom. The fourth-order valence-electron chi connectivity index (χ4n) is 1.76. The van der Waals surface area contributed by atoms with E-state index in [4.69, 9.17) is 4.42 Å². The molecule has 2 atom stereocenters. The summed E-state index contributed by atoms with van der Waals surface area (Å²) in [6, 6.07) is 3.85. The van der Waals surface area contributed by atoms with Crippen molar-refractivity contribution in [2.24, 2.45) is 0 Å². The quantitative estimate of drug-likeness (QED) is 0.764. The lowest BCUT2D eigenvalue weighted by molar-refractivity contribution is -0.123. The Kier molecular flexibility index (Phi) is 5.77. The van der Waals surface area contributed by atoms with Gasteiger partial charge in [-0.3, -0.25) is 4.79 Å². The molecule has 1 aromatic heterocycles. The number of furan rings is 1. The van der Waals surface area contributed by atoms with E-state index >= 15 is 0 Å². The molecule has 0 radical (unpaired) electrons. The maximum absolute atomic E-state index is 11.8. The highest BCUT2D eigenvalue weighted by Gasteiger charge is 2.14. The van der Waals surface area contributed by atoms with E-state index in [-0.39, 0.29) is 11.9 Å². The highest BCUT2D eigenvalue weighted by atomic mass is 16.3. The minimum Gasteiger partial charge on any atom is -0.467 e. The third-order valence-corrected chi connectivity index (χ3v) is 2.67. The van der Waals surface area contributed by atoms with Crippen LogP contribution in [-0.4, -0.2) is 18.0 Å². The molecule has 0 saturated heterocycles. The molecule has 2 N–H and O–H groups in total. The molecule has 0 aliphatic rings. The summed E-state index contributed by atoms with van der Waals surface area (Å²) in [6.45, 7) is 6.56. The molecule has 1 amide bonds. The van der Waals surface area contributed by atoms with Crippen LogP contribution in [0.1, 0.15) is 39.4 Å². The van der Waals surface area contributed by atoms with Crippen LogP contribution in [0.25, 0.3) is 0 Å². The Hall–Kier alpha value is -1.29. The maximum atomic E-state index is 11.8. The van der Waals surface area contributed by atoms with Crippen molar-refractivity contribution in [1.29, 1.82) is 0 Å². The molecule has 4 nitrogen and oxygen atoms in total. The minimum absolute atomic E-state index is 0.00403. The van der Waals surface area contributed by atoms with Gasteiger partial charge >= 0.3 is 0 Å². The second-order valence-corrected chi connectivity index (χ2v) is 4.38. The van der Waals surface area contributed by atoms with Gasteiger partial charge in [-0.05, 0) is 32.4 Å². The standard InChI is InChI=1S/C13H22N2O2/c1-4-6-10(2)15-11(3)13(16)14-9-12-7-5-8-17-12/h5,7-8,10-11,15H,4,6,9H2,1-3H3,(H,14,16). The first kappa shape index (κ1) is 13.8. The van der Waals surface area contributed by atoms with Gasteiger partial charge in [0, 0.05) is 6.04 Å². The second kappa shape index (κ2) is 7.12. The molecular weight excluding hydrogens is 216 g/mol. The second-order valence-electron chi connectivity index (χ2n) is 4.38. The average molecular weight is 238 g/mol. The molecule has 0 aliphatic heterocycles. The average Bonchev–Trinajstić information content (AvgIpc) is 2.78. The van der Waals surface area contributed by atoms with E-state index in [0.717, 1.165) is 18.6 Å². The summed E-state index contributed by atoms with van der Waals surface area (Å²) < 4.78 is 5.15. The molecule has 1 heterocycles. The predicted molar refractivity (Wildman–Crippen MR) is 67.5 cm³/mol. The summed E-state index contributed by atoms with van der Waals surface area (Å²) >= 11 is 0. The van der Waals surface area contributed by atoms with Crippen LogP contribution in [0.4, 0.5) is 0 Å². The van der Waals surface area contributed by atoms with E-state index in [2.05, 4.69) is 24.5 Å². The lowest BCUT2D eigenvalue weighted by Gasteiger charge is -2.18. The van der Waals surface area contributed by atoms with Gasteiger partial charge in [-0.1, -0.05) is 13.3 Å². The number of nitrogens with one attached hydrogen (secondary N) is 2. The molecule has 0 spiro atoms. The number of rotatable bonds is 7. The van der Waals surface area contributed by atoms with Crippen molar-refractivity contribution < 1.29 is 9.21 Å². The monoisotopic (exact) mass is 238 g/mol. The van der Waals surface area contributed by atoms with Crippen LogP contribution in [0, 0.1) is 0 Å². The van der Waals surface area contributed by atoms with E-state index in [9.17, 15) is 4.79 Å². The van der Waals surface area contributed by atoms with E-state index < -0.39 is 0 Å². The van der Waals surface area contributed by atoms with Gasteiger partial charge < -0.3 is 15.1 Å². The number of hydrogen-bond acceptors (Lipinski definition) is 3. The summed E-state index contributed by atoms with van der Waals surface area (Å²) in [6.07, 6.45) is 3.80. The zero-order chi connectivity index (χ0) is 12.7. The zero-order valence-corrected chi connectivity index (χ0v) is 10.8. The van der Waals surface area contributed by atoms with Crippen LogP contribution in [0.5, 0.6) is 0 Å². The normalized spacial score (nSPS) is 14.3. The van der Waals surface area contributed by atoms with Crippen molar-refractivity contribution in [3.63, 3.8) is 0 Å². The molecule has 1 rings (SSSR count). The first-order valence-electron chi connectivity index (χ1n) is 6.19. The van der Waals surface area contributed by atoms with Gasteiger partial charge in [0.15, 0.2) is 0 Å². The van der Waals surface area contributed by atoms with Crippen molar-refractivity contribution >= 4 is 5.91 Å². The third kappa shape index (κ3) is 5.04. The van der Waals surface area contributed by atoms with Crippen molar-refractivity contribution in [1.82, 2.24) is 10.6 Å². The summed E-state index contributed by atoms with van der Waals surface area (Å²) in [4.78, 5) is 11.8. The predicted octanol–water partition coefficient (Wildman–Crippen LogP) is 2.06. The van der Waals surface area contributed by atoms with Gasteiger partial charge in [-0.2, -0.15) is 0 Å². The molecule has 4 heteroatoms. The van der Waals surface area contributed by atoms with Crippen LogP contribution in [0.3, 0.4) is 0 Å². The summed E-state index contributed by atoms with van der Waals surface area (Å²) in [5.74, 6) is 0.775. The summed E-state index contributed by atoms with van der Waals surface area (Å²) in [5.41, 5.74) is 0. The highest BCUT2D eigenvalue weighted by molar-refractivity contribution is 5.81. The van der Waals surface area contributed by atoms with Crippen LogP contribution >= 0.6 is 0 Å². The van der Waals surface area contributed by atoms with Gasteiger partial charge in [-0.15, -0.1) is 0 Å². The first-order valence-corrected chi connectivity index (χ1v) is 6.19. The topological polar surface area (TPSA) is 54.3 Å². The zero-order valence-electron chi connectivity index (χ0n) is 10.8. The van der Waals surface area contributed by atoms with E-state index in [1.807, 2.05) is 19.1 Å². The summed E-state index contributed by atoms with van der Waals surface area (Å²) in [7, 11) is 0. The Balaban J connectivity index is 2.27. The highest BCUT2D eigenvalue weighted by Crippen LogP contribution is 2.00. The maximum Gasteiger partial charge on any atom is 0.237 e. The van der Waals surface area contributed by atoms with Crippen molar-refractivity contribution in [3.05, 3.63) is 24.2 Å². The Morgan fingerprint density at radius 3 is 2.82 bits per heavy atom. The molecule has 0 aromatic carbocycles. The fraction of sp³-hybridized carbons (Fsp3) is 0.615. The lowest BCUT2D eigenvalue weighted by Crippen LogP contribution is -2.45. The Bertz CT molecular complexity index is 322. The fourth-order valence-corrected chi connectivity index (χ4v) is 1.76. The largest absolute Gasteiger partial charge is 0.467 e. The molecule has 2 unspecified atom stereocenters. The van der Waals surface area contributed by atoms with Crippen LogP contribution < -0.4 is 10.6 Å². The van der Waals surface area contributed by atoms with E-state index in [1.54, 1.807) is 6.26 Å². The van der Waals surface area contributed by atoms with E-state index in [1.165, 1.54) is 0 Å². The van der Waals surface area contributed by atoms with Crippen molar-refractivity contribution in [2.45, 2.75) is 52.2 Å². The third-order valence-electron chi connectivity index (χ3n) is 2.67. The van der Waals surface area contributed by atoms with Crippen LogP contribution in [0.2, 0.25) is 0 Å². The number of carbonyl (C=O) groups is 1. The Labute approximate surface area is 103 Å². The minimum atomic E-state index is -0.175. The van der Waals surface area contributed by atoms with Gasteiger partial charge in [0.05, 0.1) is 18.8 Å². The smallest absolute Gasteiger partial charge is 0.237 e. The number of amides is 1. The number of carbonyl (C=O) groups excluding carboxylic acids is 1. The summed E-state index contributed by atoms with van der Waals surface area (Å²) in [5, 5.41) is 6.11. The molecule has 0 aliphatic carbocycles. The molecule has 1 aromatic rings. The van der Waals surface area contributed by atoms with Gasteiger partial charge in [0.1, 0.15) is 5.76 Å². The van der Waals surface area contributed by atoms with Gasteiger partial charge in [0.25, 0.3) is 0 Å². The molecule has 17 heavy (non-hydrogen) atoms. The van der Waals surface area contributed by atoms with Crippen molar-refractivity contribution in [2.75, 3.05) is 0 Å². The number of hydrogen-bond donors (Lipinski definition) is 2. The molecule has 0 fully saturated rings. The molecule has 96 valence electrons. The van der Waals surface area contributed by atoms with Gasteiger partial charge in [0.2, 0.25) is 5.91 Å².